The van der Waals surface area contributed by atoms with Crippen LogP contribution in [0.2, 0.25) is 0 Å². The van der Waals surface area contributed by atoms with E-state index < -0.39 is 18.1 Å². The Hall–Kier alpha value is -1.83. The van der Waals surface area contributed by atoms with Gasteiger partial charge in [0.25, 0.3) is 0 Å². The van der Waals surface area contributed by atoms with Crippen molar-refractivity contribution >= 4 is 17.9 Å². The van der Waals surface area contributed by atoms with E-state index in [1.54, 1.807) is 0 Å². The van der Waals surface area contributed by atoms with Crippen molar-refractivity contribution in [1.82, 2.24) is 16.0 Å². The van der Waals surface area contributed by atoms with Crippen LogP contribution in [0.1, 0.15) is 13.3 Å². The molecule has 0 bridgehead atoms. The van der Waals surface area contributed by atoms with Crippen LogP contribution in [0.4, 0.5) is 4.79 Å². The maximum Gasteiger partial charge on any atom is 0.332 e. The van der Waals surface area contributed by atoms with Gasteiger partial charge in [0.1, 0.15) is 0 Å². The second-order valence-corrected chi connectivity index (χ2v) is 3.31. The second-order valence-electron chi connectivity index (χ2n) is 3.31. The Kier molecular flexibility index (Phi) is 7.44. The number of hydrogen-bond acceptors (Lipinski definition) is 4. The summed E-state index contributed by atoms with van der Waals surface area (Å²) < 4.78 is 0. The molecule has 0 fully saturated rings. The summed E-state index contributed by atoms with van der Waals surface area (Å²) in [4.78, 5) is 31.8. The topological polar surface area (TPSA) is 128 Å². The number of aliphatic carboxylic acids is 1. The molecule has 0 aromatic rings. The number of nitrogens with one attached hydrogen (secondary N) is 3. The van der Waals surface area contributed by atoms with E-state index in [0.717, 1.165) is 0 Å². The summed E-state index contributed by atoms with van der Waals surface area (Å²) in [5.41, 5.74) is 0. The van der Waals surface area contributed by atoms with E-state index in [9.17, 15) is 14.4 Å². The third-order valence-electron chi connectivity index (χ3n) is 1.77. The van der Waals surface area contributed by atoms with Crippen LogP contribution in [0.3, 0.4) is 0 Å². The molecule has 0 spiro atoms. The average Bonchev–Trinajstić information content (AvgIpc) is 2.23. The molecule has 3 amide bonds. The summed E-state index contributed by atoms with van der Waals surface area (Å²) in [5.74, 6) is -1.50. The second kappa shape index (κ2) is 8.34. The molecule has 0 aromatic carbocycles. The molecule has 98 valence electrons. The Morgan fingerprint density at radius 3 is 2.12 bits per heavy atom. The van der Waals surface area contributed by atoms with Crippen LogP contribution in [-0.4, -0.2) is 53.9 Å². The Bertz CT molecular complexity index is 282. The van der Waals surface area contributed by atoms with Gasteiger partial charge in [-0.05, 0) is 0 Å². The fourth-order valence-corrected chi connectivity index (χ4v) is 0.923. The van der Waals surface area contributed by atoms with Gasteiger partial charge < -0.3 is 26.2 Å². The summed E-state index contributed by atoms with van der Waals surface area (Å²) >= 11 is 0. The molecule has 0 aliphatic heterocycles. The quantitative estimate of drug-likeness (QED) is 0.341. The predicted octanol–water partition coefficient (Wildman–Crippen LogP) is -1.74. The Morgan fingerprint density at radius 1 is 1.06 bits per heavy atom. The lowest BCUT2D eigenvalue weighted by molar-refractivity contribution is -0.146. The molecule has 0 aromatic heterocycles. The highest BCUT2D eigenvalue weighted by Crippen LogP contribution is 1.88. The number of urea groups is 1. The van der Waals surface area contributed by atoms with E-state index in [4.69, 9.17) is 10.2 Å². The summed E-state index contributed by atoms with van der Waals surface area (Å²) in [5, 5.41) is 24.6. The third-order valence-corrected chi connectivity index (χ3v) is 1.77. The van der Waals surface area contributed by atoms with Crippen LogP contribution in [-0.2, 0) is 9.59 Å². The molecule has 0 saturated carbocycles. The van der Waals surface area contributed by atoms with Crippen molar-refractivity contribution in [2.75, 3.05) is 19.6 Å². The fourth-order valence-electron chi connectivity index (χ4n) is 0.923. The van der Waals surface area contributed by atoms with Crippen LogP contribution in [0.15, 0.2) is 0 Å². The molecular formula is C9H17N3O5. The zero-order chi connectivity index (χ0) is 13.3. The number of carbonyl (C=O) groups is 3. The van der Waals surface area contributed by atoms with E-state index >= 15 is 0 Å². The fraction of sp³-hybridized carbons (Fsp3) is 0.667. The Balaban J connectivity index is 3.47. The van der Waals surface area contributed by atoms with Crippen LogP contribution < -0.4 is 16.0 Å². The molecular weight excluding hydrogens is 230 g/mol. The van der Waals surface area contributed by atoms with Crippen molar-refractivity contribution in [1.29, 1.82) is 0 Å². The molecule has 0 aliphatic rings. The van der Waals surface area contributed by atoms with Gasteiger partial charge in [0.15, 0.2) is 6.10 Å². The van der Waals surface area contributed by atoms with Crippen LogP contribution in [0.5, 0.6) is 0 Å². The van der Waals surface area contributed by atoms with E-state index in [2.05, 4.69) is 16.0 Å². The number of aliphatic hydroxyl groups is 1. The smallest absolute Gasteiger partial charge is 0.332 e. The molecule has 0 aliphatic carbocycles. The van der Waals surface area contributed by atoms with Gasteiger partial charge in [-0.3, -0.25) is 4.79 Å². The van der Waals surface area contributed by atoms with Gasteiger partial charge in [-0.1, -0.05) is 0 Å². The number of aliphatic hydroxyl groups excluding tert-OH is 1. The highest BCUT2D eigenvalue weighted by molar-refractivity contribution is 5.75. The number of carboxylic acid groups (broad SMARTS) is 1. The minimum atomic E-state index is -1.48. The standard InChI is InChI=1S/C9H17N3O5/c1-6(13)10-4-5-12-9(17)11-3-2-7(14)8(15)16/h7,14H,2-5H2,1H3,(H,10,13)(H,15,16)(H2,11,12,17)/t7-/m0/s1. The summed E-state index contributed by atoms with van der Waals surface area (Å²) in [6.07, 6.45) is -1.54. The lowest BCUT2D eigenvalue weighted by Gasteiger charge is -2.09. The van der Waals surface area contributed by atoms with Gasteiger partial charge in [-0.15, -0.1) is 0 Å². The minimum absolute atomic E-state index is 0.0550. The zero-order valence-corrected chi connectivity index (χ0v) is 9.52. The predicted molar refractivity (Wildman–Crippen MR) is 58.3 cm³/mol. The monoisotopic (exact) mass is 247 g/mol. The SMILES string of the molecule is CC(=O)NCCNC(=O)NCC[C@H](O)C(=O)O. The van der Waals surface area contributed by atoms with Gasteiger partial charge in [0.2, 0.25) is 5.91 Å². The van der Waals surface area contributed by atoms with Crippen molar-refractivity contribution in [2.24, 2.45) is 0 Å². The van der Waals surface area contributed by atoms with Gasteiger partial charge >= 0.3 is 12.0 Å². The van der Waals surface area contributed by atoms with Crippen LogP contribution >= 0.6 is 0 Å². The first-order chi connectivity index (χ1) is 7.93. The number of hydrogen-bond donors (Lipinski definition) is 5. The Labute approximate surface area is 98.4 Å². The van der Waals surface area contributed by atoms with Gasteiger partial charge in [-0.25, -0.2) is 9.59 Å². The Morgan fingerprint density at radius 2 is 1.59 bits per heavy atom. The maximum atomic E-state index is 11.1. The van der Waals surface area contributed by atoms with E-state index in [-0.39, 0.29) is 25.4 Å². The number of carboxylic acids is 1. The number of amides is 3. The summed E-state index contributed by atoms with van der Waals surface area (Å²) in [6, 6.07) is -0.479. The van der Waals surface area contributed by atoms with E-state index in [1.165, 1.54) is 6.92 Å². The largest absolute Gasteiger partial charge is 0.479 e. The molecule has 17 heavy (non-hydrogen) atoms. The number of rotatable bonds is 7. The highest BCUT2D eigenvalue weighted by atomic mass is 16.4. The summed E-state index contributed by atoms with van der Waals surface area (Å²) in [7, 11) is 0. The van der Waals surface area contributed by atoms with E-state index in [0.29, 0.717) is 6.54 Å². The van der Waals surface area contributed by atoms with Crippen molar-refractivity contribution < 1.29 is 24.6 Å². The highest BCUT2D eigenvalue weighted by Gasteiger charge is 2.12. The van der Waals surface area contributed by atoms with Crippen molar-refractivity contribution in [3.8, 4) is 0 Å². The first-order valence-corrected chi connectivity index (χ1v) is 5.10. The summed E-state index contributed by atoms with van der Waals surface area (Å²) in [6.45, 7) is 2.01. The van der Waals surface area contributed by atoms with Crippen molar-refractivity contribution in [3.63, 3.8) is 0 Å². The van der Waals surface area contributed by atoms with Gasteiger partial charge in [0.05, 0.1) is 0 Å². The molecule has 0 rings (SSSR count). The van der Waals surface area contributed by atoms with Gasteiger partial charge in [0, 0.05) is 33.0 Å². The van der Waals surface area contributed by atoms with Crippen LogP contribution in [0.25, 0.3) is 0 Å². The molecule has 0 heterocycles. The average molecular weight is 247 g/mol. The molecule has 0 unspecified atom stereocenters. The lowest BCUT2D eigenvalue weighted by atomic mass is 10.2. The maximum absolute atomic E-state index is 11.1. The molecule has 8 heteroatoms. The molecule has 8 nitrogen and oxygen atoms in total. The molecule has 1 atom stereocenters. The minimum Gasteiger partial charge on any atom is -0.479 e. The molecule has 0 saturated heterocycles. The lowest BCUT2D eigenvalue weighted by Crippen LogP contribution is -2.41. The normalized spacial score (nSPS) is 11.4. The third kappa shape index (κ3) is 9.12. The van der Waals surface area contributed by atoms with Crippen molar-refractivity contribution in [2.45, 2.75) is 19.4 Å². The zero-order valence-electron chi connectivity index (χ0n) is 9.52. The molecule has 0 radical (unpaired) electrons. The first-order valence-electron chi connectivity index (χ1n) is 5.10. The first kappa shape index (κ1) is 15.2. The number of carbonyl (C=O) groups excluding carboxylic acids is 2. The van der Waals surface area contributed by atoms with E-state index in [1.807, 2.05) is 0 Å². The van der Waals surface area contributed by atoms with Crippen molar-refractivity contribution in [3.05, 3.63) is 0 Å². The molecule has 5 N–H and O–H groups in total. The van der Waals surface area contributed by atoms with Crippen LogP contribution in [0, 0.1) is 0 Å². The van der Waals surface area contributed by atoms with Gasteiger partial charge in [-0.2, -0.15) is 0 Å².